The summed E-state index contributed by atoms with van der Waals surface area (Å²) in [4.78, 5) is 36.9. The third kappa shape index (κ3) is 3.03. The number of benzene rings is 1. The van der Waals surface area contributed by atoms with E-state index in [0.717, 1.165) is 0 Å². The van der Waals surface area contributed by atoms with Gasteiger partial charge in [-0.25, -0.2) is 0 Å². The molecule has 1 aliphatic carbocycles. The molecule has 1 fully saturated rings. The normalized spacial score (nSPS) is 20.7. The molecule has 0 amide bonds. The van der Waals surface area contributed by atoms with Crippen molar-refractivity contribution in [2.24, 2.45) is 5.41 Å². The van der Waals surface area contributed by atoms with E-state index in [4.69, 9.17) is 9.47 Å². The first-order valence-electron chi connectivity index (χ1n) is 7.41. The molecule has 0 radical (unpaired) electrons. The number of carbonyl (C=O) groups is 3. The van der Waals surface area contributed by atoms with Crippen molar-refractivity contribution in [2.75, 3.05) is 13.7 Å². The summed E-state index contributed by atoms with van der Waals surface area (Å²) in [6, 6.07) is 6.64. The van der Waals surface area contributed by atoms with Gasteiger partial charge in [0, 0.05) is 18.4 Å². The minimum Gasteiger partial charge on any atom is -0.497 e. The molecule has 1 aliphatic rings. The highest BCUT2D eigenvalue weighted by Crippen LogP contribution is 2.40. The molecule has 1 aromatic carbocycles. The lowest BCUT2D eigenvalue weighted by Crippen LogP contribution is -2.39. The van der Waals surface area contributed by atoms with Gasteiger partial charge in [-0.05, 0) is 44.0 Å². The molecule has 0 aliphatic heterocycles. The largest absolute Gasteiger partial charge is 0.497 e. The first kappa shape index (κ1) is 16.2. The van der Waals surface area contributed by atoms with Gasteiger partial charge in [-0.15, -0.1) is 0 Å². The highest BCUT2D eigenvalue weighted by Gasteiger charge is 2.51. The smallest absolute Gasteiger partial charge is 0.320 e. The van der Waals surface area contributed by atoms with E-state index in [-0.39, 0.29) is 24.6 Å². The van der Waals surface area contributed by atoms with Gasteiger partial charge in [0.15, 0.2) is 11.6 Å². The molecule has 5 heteroatoms. The Morgan fingerprint density at radius 3 is 2.41 bits per heavy atom. The second-order valence-corrected chi connectivity index (χ2v) is 5.41. The number of ether oxygens (including phenoxy) is 2. The first-order valence-corrected chi connectivity index (χ1v) is 7.41. The molecule has 0 spiro atoms. The van der Waals surface area contributed by atoms with E-state index >= 15 is 0 Å². The topological polar surface area (TPSA) is 69.7 Å². The molecule has 1 atom stereocenters. The fourth-order valence-electron chi connectivity index (χ4n) is 2.83. The number of ketones is 2. The van der Waals surface area contributed by atoms with Crippen molar-refractivity contribution in [3.05, 3.63) is 29.8 Å². The molecule has 0 saturated heterocycles. The van der Waals surface area contributed by atoms with Crippen molar-refractivity contribution in [3.8, 4) is 5.75 Å². The fraction of sp³-hybridized carbons (Fsp3) is 0.471. The van der Waals surface area contributed by atoms with Crippen molar-refractivity contribution in [1.29, 1.82) is 0 Å². The number of hydrogen-bond donors (Lipinski definition) is 0. The van der Waals surface area contributed by atoms with Crippen molar-refractivity contribution >= 4 is 17.5 Å². The van der Waals surface area contributed by atoms with Crippen LogP contribution in [0.25, 0.3) is 0 Å². The van der Waals surface area contributed by atoms with Gasteiger partial charge in [0.05, 0.1) is 13.7 Å². The average molecular weight is 304 g/mol. The van der Waals surface area contributed by atoms with Crippen LogP contribution in [0.15, 0.2) is 24.3 Å². The van der Waals surface area contributed by atoms with Crippen LogP contribution >= 0.6 is 0 Å². The van der Waals surface area contributed by atoms with Crippen molar-refractivity contribution in [3.63, 3.8) is 0 Å². The number of esters is 1. The molecule has 5 nitrogen and oxygen atoms in total. The maximum atomic E-state index is 12.5. The van der Waals surface area contributed by atoms with Crippen molar-refractivity contribution < 1.29 is 23.9 Å². The summed E-state index contributed by atoms with van der Waals surface area (Å²) >= 11 is 0. The summed E-state index contributed by atoms with van der Waals surface area (Å²) < 4.78 is 10.1. The van der Waals surface area contributed by atoms with Crippen LogP contribution in [-0.4, -0.2) is 31.3 Å². The Morgan fingerprint density at radius 1 is 1.23 bits per heavy atom. The van der Waals surface area contributed by atoms with Gasteiger partial charge in [-0.1, -0.05) is 0 Å². The number of hydrogen-bond acceptors (Lipinski definition) is 5. The minimum absolute atomic E-state index is 0.128. The van der Waals surface area contributed by atoms with E-state index in [1.54, 1.807) is 38.3 Å². The van der Waals surface area contributed by atoms with E-state index in [9.17, 15) is 14.4 Å². The zero-order chi connectivity index (χ0) is 16.2. The lowest BCUT2D eigenvalue weighted by molar-refractivity contribution is -0.158. The van der Waals surface area contributed by atoms with Gasteiger partial charge in [-0.3, -0.25) is 14.4 Å². The summed E-state index contributed by atoms with van der Waals surface area (Å²) in [5, 5.41) is 0. The minimum atomic E-state index is -1.30. The van der Waals surface area contributed by atoms with Crippen LogP contribution in [0.3, 0.4) is 0 Å². The lowest BCUT2D eigenvalue weighted by Gasteiger charge is -2.24. The van der Waals surface area contributed by atoms with E-state index < -0.39 is 11.4 Å². The second kappa shape index (κ2) is 6.73. The Bertz CT molecular complexity index is 575. The predicted octanol–water partition coefficient (Wildman–Crippen LogP) is 2.57. The van der Waals surface area contributed by atoms with Crippen LogP contribution in [-0.2, 0) is 14.3 Å². The number of Topliss-reactive ketones (excluding diaryl/α,β-unsaturated/α-hetero) is 2. The van der Waals surface area contributed by atoms with Gasteiger partial charge in [-0.2, -0.15) is 0 Å². The molecule has 0 aromatic heterocycles. The molecule has 0 bridgehead atoms. The van der Waals surface area contributed by atoms with E-state index in [1.807, 2.05) is 0 Å². The standard InChI is InChI=1S/C17H20O5/c1-3-22-16(20)17(10-4-5-15(17)19)11-14(18)12-6-8-13(21-2)9-7-12/h6-9H,3-5,10-11H2,1-2H3. The van der Waals surface area contributed by atoms with Gasteiger partial charge < -0.3 is 9.47 Å². The monoisotopic (exact) mass is 304 g/mol. The molecular weight excluding hydrogens is 284 g/mol. The van der Waals surface area contributed by atoms with E-state index in [2.05, 4.69) is 0 Å². The molecule has 0 N–H and O–H groups in total. The van der Waals surface area contributed by atoms with Crippen LogP contribution < -0.4 is 4.74 Å². The van der Waals surface area contributed by atoms with Crippen LogP contribution in [0.4, 0.5) is 0 Å². The number of rotatable bonds is 6. The molecule has 2 rings (SSSR count). The van der Waals surface area contributed by atoms with Gasteiger partial charge in [0.2, 0.25) is 0 Å². The van der Waals surface area contributed by atoms with Crippen LogP contribution in [0.1, 0.15) is 43.0 Å². The Kier molecular flexibility index (Phi) is 4.96. The maximum Gasteiger partial charge on any atom is 0.320 e. The van der Waals surface area contributed by atoms with E-state index in [1.165, 1.54) is 0 Å². The first-order chi connectivity index (χ1) is 10.5. The van der Waals surface area contributed by atoms with Gasteiger partial charge in [0.1, 0.15) is 11.2 Å². The molecule has 1 aromatic rings. The lowest BCUT2D eigenvalue weighted by atomic mass is 9.79. The summed E-state index contributed by atoms with van der Waals surface area (Å²) in [6.07, 6.45) is 1.20. The Labute approximate surface area is 129 Å². The van der Waals surface area contributed by atoms with Crippen LogP contribution in [0.2, 0.25) is 0 Å². The quantitative estimate of drug-likeness (QED) is 0.459. The van der Waals surface area contributed by atoms with Gasteiger partial charge in [0.25, 0.3) is 0 Å². The summed E-state index contributed by atoms with van der Waals surface area (Å²) in [5.74, 6) is -0.341. The van der Waals surface area contributed by atoms with Gasteiger partial charge >= 0.3 is 5.97 Å². The fourth-order valence-corrected chi connectivity index (χ4v) is 2.83. The molecule has 1 unspecified atom stereocenters. The predicted molar refractivity (Wildman–Crippen MR) is 79.9 cm³/mol. The SMILES string of the molecule is CCOC(=O)C1(CC(=O)c2ccc(OC)cc2)CCCC1=O. The zero-order valence-electron chi connectivity index (χ0n) is 12.9. The highest BCUT2D eigenvalue weighted by atomic mass is 16.5. The third-order valence-corrected chi connectivity index (χ3v) is 4.08. The second-order valence-electron chi connectivity index (χ2n) is 5.41. The molecule has 118 valence electrons. The molecular formula is C17H20O5. The number of methoxy groups -OCH3 is 1. The Hall–Kier alpha value is -2.17. The summed E-state index contributed by atoms with van der Waals surface area (Å²) in [6.45, 7) is 1.89. The summed E-state index contributed by atoms with van der Waals surface area (Å²) in [5.41, 5.74) is -0.836. The summed E-state index contributed by atoms with van der Waals surface area (Å²) in [7, 11) is 1.55. The number of carbonyl (C=O) groups excluding carboxylic acids is 3. The van der Waals surface area contributed by atoms with E-state index in [0.29, 0.717) is 30.6 Å². The Balaban J connectivity index is 2.21. The Morgan fingerprint density at radius 2 is 1.91 bits per heavy atom. The molecule has 22 heavy (non-hydrogen) atoms. The molecule has 0 heterocycles. The molecule has 1 saturated carbocycles. The van der Waals surface area contributed by atoms with Crippen LogP contribution in [0.5, 0.6) is 5.75 Å². The van der Waals surface area contributed by atoms with Crippen molar-refractivity contribution in [2.45, 2.75) is 32.6 Å². The zero-order valence-corrected chi connectivity index (χ0v) is 12.9. The third-order valence-electron chi connectivity index (χ3n) is 4.08. The highest BCUT2D eigenvalue weighted by molar-refractivity contribution is 6.10. The van der Waals surface area contributed by atoms with Crippen LogP contribution in [0, 0.1) is 5.41 Å². The average Bonchev–Trinajstić information content (AvgIpc) is 2.89. The van der Waals surface area contributed by atoms with Crippen molar-refractivity contribution in [1.82, 2.24) is 0 Å². The maximum absolute atomic E-state index is 12.5.